The normalized spacial score (nSPS) is 17.3. The summed E-state index contributed by atoms with van der Waals surface area (Å²) in [7, 11) is 1.56. The monoisotopic (exact) mass is 500 g/mol. The van der Waals surface area contributed by atoms with Crippen molar-refractivity contribution < 1.29 is 23.9 Å². The fourth-order valence-electron chi connectivity index (χ4n) is 4.68. The highest BCUT2D eigenvalue weighted by Crippen LogP contribution is 2.43. The van der Waals surface area contributed by atoms with Crippen LogP contribution >= 0.6 is 0 Å². The predicted molar refractivity (Wildman–Crippen MR) is 143 cm³/mol. The SMILES string of the molecule is CCc1ccc(NC(=O)COC(=O)[C@H]2CCC(=O)N(c3ccc(C)cc3)[C@H]2c2ccccc2OC)cc1. The van der Waals surface area contributed by atoms with Crippen molar-refractivity contribution in [3.63, 3.8) is 0 Å². The molecular formula is C30H32N2O5. The van der Waals surface area contributed by atoms with Crippen molar-refractivity contribution >= 4 is 29.2 Å². The average Bonchev–Trinajstić information content (AvgIpc) is 2.92. The highest BCUT2D eigenvalue weighted by molar-refractivity contribution is 5.97. The molecule has 0 saturated carbocycles. The zero-order valence-corrected chi connectivity index (χ0v) is 21.4. The number of piperidine rings is 1. The van der Waals surface area contributed by atoms with Gasteiger partial charge in [0.05, 0.1) is 19.1 Å². The number of benzene rings is 3. The summed E-state index contributed by atoms with van der Waals surface area (Å²) in [5.41, 5.74) is 4.27. The summed E-state index contributed by atoms with van der Waals surface area (Å²) < 4.78 is 11.1. The Labute approximate surface area is 217 Å². The van der Waals surface area contributed by atoms with Crippen LogP contribution in [0.15, 0.2) is 72.8 Å². The van der Waals surface area contributed by atoms with Crippen LogP contribution in [0, 0.1) is 12.8 Å². The van der Waals surface area contributed by atoms with Gasteiger partial charge in [-0.25, -0.2) is 0 Å². The van der Waals surface area contributed by atoms with Crippen molar-refractivity contribution in [2.75, 3.05) is 23.9 Å². The van der Waals surface area contributed by atoms with Gasteiger partial charge in [-0.15, -0.1) is 0 Å². The van der Waals surface area contributed by atoms with Crippen molar-refractivity contribution in [2.45, 2.75) is 39.2 Å². The Kier molecular flexibility index (Phi) is 8.23. The van der Waals surface area contributed by atoms with E-state index in [0.717, 1.165) is 17.5 Å². The molecule has 192 valence electrons. The summed E-state index contributed by atoms with van der Waals surface area (Å²) in [6.45, 7) is 3.62. The van der Waals surface area contributed by atoms with E-state index in [9.17, 15) is 14.4 Å². The average molecular weight is 501 g/mol. The molecule has 2 atom stereocenters. The summed E-state index contributed by atoms with van der Waals surface area (Å²) in [6, 6.07) is 21.9. The van der Waals surface area contributed by atoms with Crippen LogP contribution in [0.25, 0.3) is 0 Å². The van der Waals surface area contributed by atoms with Gasteiger partial charge in [-0.3, -0.25) is 14.4 Å². The molecule has 2 amide bonds. The van der Waals surface area contributed by atoms with Gasteiger partial charge >= 0.3 is 5.97 Å². The molecule has 4 rings (SSSR count). The van der Waals surface area contributed by atoms with E-state index in [0.29, 0.717) is 29.1 Å². The second-order valence-corrected chi connectivity index (χ2v) is 9.14. The Morgan fingerprint density at radius 3 is 2.38 bits per heavy atom. The molecule has 1 fully saturated rings. The molecule has 7 nitrogen and oxygen atoms in total. The number of rotatable bonds is 8. The number of nitrogens with one attached hydrogen (secondary N) is 1. The molecular weight excluding hydrogens is 468 g/mol. The summed E-state index contributed by atoms with van der Waals surface area (Å²) in [6.07, 6.45) is 1.40. The van der Waals surface area contributed by atoms with Gasteiger partial charge in [-0.2, -0.15) is 0 Å². The number of esters is 1. The van der Waals surface area contributed by atoms with E-state index in [1.54, 1.807) is 18.1 Å². The Hall–Kier alpha value is -4.13. The number of anilines is 2. The number of carbonyl (C=O) groups excluding carboxylic acids is 3. The molecule has 0 radical (unpaired) electrons. The molecule has 0 bridgehead atoms. The first-order valence-electron chi connectivity index (χ1n) is 12.5. The van der Waals surface area contributed by atoms with Gasteiger partial charge in [-0.1, -0.05) is 55.0 Å². The Morgan fingerprint density at radius 2 is 1.70 bits per heavy atom. The van der Waals surface area contributed by atoms with Crippen molar-refractivity contribution in [1.82, 2.24) is 0 Å². The van der Waals surface area contributed by atoms with Gasteiger partial charge < -0.3 is 19.7 Å². The standard InChI is InChI=1S/C30H32N2O5/c1-4-21-11-13-22(14-12-21)31-27(33)19-37-30(35)25-17-18-28(34)32(23-15-9-20(2)10-16-23)29(25)24-7-5-6-8-26(24)36-3/h5-16,25,29H,4,17-19H2,1-3H3,(H,31,33)/t25-,29-/m0/s1. The lowest BCUT2D eigenvalue weighted by Gasteiger charge is -2.40. The molecule has 1 N–H and O–H groups in total. The predicted octanol–water partition coefficient (Wildman–Crippen LogP) is 5.23. The number of aryl methyl sites for hydroxylation is 2. The van der Waals surface area contributed by atoms with Crippen molar-refractivity contribution in [1.29, 1.82) is 0 Å². The molecule has 37 heavy (non-hydrogen) atoms. The van der Waals surface area contributed by atoms with Crippen LogP contribution in [-0.2, 0) is 25.5 Å². The van der Waals surface area contributed by atoms with Gasteiger partial charge in [0.2, 0.25) is 5.91 Å². The fraction of sp³-hybridized carbons (Fsp3) is 0.300. The highest BCUT2D eigenvalue weighted by atomic mass is 16.5. The number of nitrogens with zero attached hydrogens (tertiary/aromatic N) is 1. The molecule has 1 heterocycles. The molecule has 1 saturated heterocycles. The van der Waals surface area contributed by atoms with E-state index in [4.69, 9.17) is 9.47 Å². The van der Waals surface area contributed by atoms with Crippen molar-refractivity contribution in [2.24, 2.45) is 5.92 Å². The maximum atomic E-state index is 13.4. The molecule has 3 aromatic rings. The highest BCUT2D eigenvalue weighted by Gasteiger charge is 2.43. The van der Waals surface area contributed by atoms with Gasteiger partial charge in [-0.05, 0) is 55.7 Å². The largest absolute Gasteiger partial charge is 0.496 e. The number of carbonyl (C=O) groups is 3. The maximum absolute atomic E-state index is 13.4. The van der Waals surface area contributed by atoms with E-state index in [2.05, 4.69) is 12.2 Å². The number of hydrogen-bond donors (Lipinski definition) is 1. The lowest BCUT2D eigenvalue weighted by Crippen LogP contribution is -2.46. The van der Waals surface area contributed by atoms with E-state index in [1.807, 2.05) is 73.7 Å². The van der Waals surface area contributed by atoms with E-state index in [1.165, 1.54) is 0 Å². The van der Waals surface area contributed by atoms with Gasteiger partial charge in [0.15, 0.2) is 6.61 Å². The minimum absolute atomic E-state index is 0.0860. The number of hydrogen-bond acceptors (Lipinski definition) is 5. The zero-order chi connectivity index (χ0) is 26.4. The van der Waals surface area contributed by atoms with Gasteiger partial charge in [0, 0.05) is 23.4 Å². The zero-order valence-electron chi connectivity index (χ0n) is 21.4. The third-order valence-corrected chi connectivity index (χ3v) is 6.66. The van der Waals surface area contributed by atoms with E-state index in [-0.39, 0.29) is 12.3 Å². The number of amides is 2. The van der Waals surface area contributed by atoms with Crippen LogP contribution in [0.1, 0.15) is 42.5 Å². The van der Waals surface area contributed by atoms with Crippen LogP contribution in [0.3, 0.4) is 0 Å². The fourth-order valence-corrected chi connectivity index (χ4v) is 4.68. The lowest BCUT2D eigenvalue weighted by molar-refractivity contribution is -0.153. The molecule has 1 aliphatic heterocycles. The molecule has 1 aliphatic rings. The van der Waals surface area contributed by atoms with E-state index >= 15 is 0 Å². The third kappa shape index (κ3) is 6.00. The van der Waals surface area contributed by atoms with Gasteiger partial charge in [0.25, 0.3) is 5.91 Å². The first-order chi connectivity index (χ1) is 17.9. The number of methoxy groups -OCH3 is 1. The quantitative estimate of drug-likeness (QED) is 0.428. The molecule has 7 heteroatoms. The minimum Gasteiger partial charge on any atom is -0.496 e. The summed E-state index contributed by atoms with van der Waals surface area (Å²) in [4.78, 5) is 40.8. The summed E-state index contributed by atoms with van der Waals surface area (Å²) in [5.74, 6) is -1.14. The second-order valence-electron chi connectivity index (χ2n) is 9.14. The summed E-state index contributed by atoms with van der Waals surface area (Å²) in [5, 5.41) is 2.76. The molecule has 3 aromatic carbocycles. The third-order valence-electron chi connectivity index (χ3n) is 6.66. The Morgan fingerprint density at radius 1 is 1.00 bits per heavy atom. The first-order valence-corrected chi connectivity index (χ1v) is 12.5. The van der Waals surface area contributed by atoms with Crippen molar-refractivity contribution in [3.05, 3.63) is 89.5 Å². The van der Waals surface area contributed by atoms with Crippen LogP contribution in [0.4, 0.5) is 11.4 Å². The molecule has 0 aromatic heterocycles. The van der Waals surface area contributed by atoms with Crippen molar-refractivity contribution in [3.8, 4) is 5.75 Å². The Bertz CT molecular complexity index is 1250. The lowest BCUT2D eigenvalue weighted by atomic mass is 9.83. The first kappa shape index (κ1) is 25.9. The molecule has 0 spiro atoms. The Balaban J connectivity index is 1.57. The topological polar surface area (TPSA) is 84.9 Å². The van der Waals surface area contributed by atoms with Gasteiger partial charge in [0.1, 0.15) is 5.75 Å². The van der Waals surface area contributed by atoms with Crippen LogP contribution < -0.4 is 15.0 Å². The minimum atomic E-state index is -0.674. The number of ether oxygens (including phenoxy) is 2. The van der Waals surface area contributed by atoms with Crippen LogP contribution in [-0.4, -0.2) is 31.5 Å². The second kappa shape index (κ2) is 11.7. The number of para-hydroxylation sites is 1. The summed E-state index contributed by atoms with van der Waals surface area (Å²) >= 11 is 0. The molecule has 0 unspecified atom stereocenters. The maximum Gasteiger partial charge on any atom is 0.311 e. The van der Waals surface area contributed by atoms with Crippen LogP contribution in [0.5, 0.6) is 5.75 Å². The van der Waals surface area contributed by atoms with E-state index < -0.39 is 30.4 Å². The molecule has 0 aliphatic carbocycles. The van der Waals surface area contributed by atoms with Crippen LogP contribution in [0.2, 0.25) is 0 Å². The smallest absolute Gasteiger partial charge is 0.311 e.